The highest BCUT2D eigenvalue weighted by Gasteiger charge is 2.65. The average Bonchev–Trinajstić information content (AvgIpc) is 3.36. The minimum absolute atomic E-state index is 0.240. The second-order valence-corrected chi connectivity index (χ2v) is 9.59. The Bertz CT molecular complexity index is 1450. The van der Waals surface area contributed by atoms with E-state index in [1.807, 2.05) is 56.3 Å². The number of ketones is 1. The molecule has 7 nitrogen and oxygen atoms in total. The molecule has 2 amide bonds. The maximum absolute atomic E-state index is 14.0. The standard InChI is InChI=1S/C29H25N3O4/c1-16-8-13-22(17(2)14-16)31-28(34)23-24(29(31)35)26(27(33)18-9-11-20(36-3)12-10-18)32-25(23)21-7-5-4-6-19(21)15-30-32/h4-15,23-26H,1-3H3/t23-,24-,25+,26+/m1/s1. The summed E-state index contributed by atoms with van der Waals surface area (Å²) >= 11 is 0. The van der Waals surface area contributed by atoms with Crippen LogP contribution in [0.15, 0.2) is 71.8 Å². The summed E-state index contributed by atoms with van der Waals surface area (Å²) in [6, 6.07) is 18.8. The summed E-state index contributed by atoms with van der Waals surface area (Å²) in [5.41, 5.74) is 4.69. The smallest absolute Gasteiger partial charge is 0.240 e. The van der Waals surface area contributed by atoms with Crippen LogP contribution in [0.25, 0.3) is 0 Å². The minimum Gasteiger partial charge on any atom is -0.497 e. The summed E-state index contributed by atoms with van der Waals surface area (Å²) in [7, 11) is 1.56. The van der Waals surface area contributed by atoms with E-state index in [4.69, 9.17) is 4.74 Å². The van der Waals surface area contributed by atoms with Crippen LogP contribution in [0.3, 0.4) is 0 Å². The number of ether oxygens (including phenoxy) is 1. The molecule has 3 aromatic rings. The molecule has 0 radical (unpaired) electrons. The number of imide groups is 1. The van der Waals surface area contributed by atoms with E-state index in [0.29, 0.717) is 17.0 Å². The number of amides is 2. The maximum atomic E-state index is 14.0. The molecule has 0 spiro atoms. The minimum atomic E-state index is -0.898. The highest BCUT2D eigenvalue weighted by molar-refractivity contribution is 6.25. The van der Waals surface area contributed by atoms with Crippen LogP contribution < -0.4 is 9.64 Å². The number of benzene rings is 3. The molecule has 0 N–H and O–H groups in total. The van der Waals surface area contributed by atoms with Gasteiger partial charge in [-0.3, -0.25) is 19.4 Å². The molecule has 0 bridgehead atoms. The van der Waals surface area contributed by atoms with E-state index in [1.165, 1.54) is 4.90 Å². The number of Topliss-reactive ketones (excluding diaryl/α,β-unsaturated/α-hetero) is 1. The predicted molar refractivity (Wildman–Crippen MR) is 135 cm³/mol. The van der Waals surface area contributed by atoms with Crippen molar-refractivity contribution in [1.29, 1.82) is 0 Å². The summed E-state index contributed by atoms with van der Waals surface area (Å²) in [5, 5.41) is 6.29. The lowest BCUT2D eigenvalue weighted by atomic mass is 9.83. The van der Waals surface area contributed by atoms with Crippen molar-refractivity contribution in [1.82, 2.24) is 5.01 Å². The molecule has 0 saturated carbocycles. The van der Waals surface area contributed by atoms with Crippen molar-refractivity contribution in [3.8, 4) is 5.75 Å². The van der Waals surface area contributed by atoms with Crippen LogP contribution in [-0.2, 0) is 9.59 Å². The molecule has 0 unspecified atom stereocenters. The number of nitrogens with zero attached hydrogens (tertiary/aromatic N) is 3. The Balaban J connectivity index is 1.49. The molecule has 3 aliphatic rings. The van der Waals surface area contributed by atoms with Gasteiger partial charge in [-0.25, -0.2) is 4.90 Å². The van der Waals surface area contributed by atoms with Crippen LogP contribution in [-0.4, -0.2) is 42.0 Å². The van der Waals surface area contributed by atoms with Crippen molar-refractivity contribution < 1.29 is 19.1 Å². The molecule has 2 saturated heterocycles. The van der Waals surface area contributed by atoms with Crippen LogP contribution in [0.1, 0.15) is 38.7 Å². The van der Waals surface area contributed by atoms with Gasteiger partial charge in [0.15, 0.2) is 5.78 Å². The van der Waals surface area contributed by atoms with Gasteiger partial charge >= 0.3 is 0 Å². The third-order valence-electron chi connectivity index (χ3n) is 7.53. The normalized spacial score (nSPS) is 24.0. The molecular weight excluding hydrogens is 454 g/mol. The van der Waals surface area contributed by atoms with Gasteiger partial charge in [-0.15, -0.1) is 0 Å². The maximum Gasteiger partial charge on any atom is 0.240 e. The highest BCUT2D eigenvalue weighted by Crippen LogP contribution is 2.53. The Morgan fingerprint density at radius 1 is 0.917 bits per heavy atom. The van der Waals surface area contributed by atoms with Gasteiger partial charge in [0.05, 0.1) is 36.9 Å². The highest BCUT2D eigenvalue weighted by atomic mass is 16.5. The van der Waals surface area contributed by atoms with Gasteiger partial charge in [-0.05, 0) is 60.9 Å². The number of carbonyl (C=O) groups is 3. The molecule has 0 aliphatic carbocycles. The quantitative estimate of drug-likeness (QED) is 0.416. The van der Waals surface area contributed by atoms with Crippen molar-refractivity contribution in [2.45, 2.75) is 25.9 Å². The first-order valence-corrected chi connectivity index (χ1v) is 12.0. The van der Waals surface area contributed by atoms with Gasteiger partial charge in [-0.1, -0.05) is 42.0 Å². The lowest BCUT2D eigenvalue weighted by Gasteiger charge is -2.34. The van der Waals surface area contributed by atoms with E-state index in [1.54, 1.807) is 42.6 Å². The van der Waals surface area contributed by atoms with Gasteiger partial charge in [-0.2, -0.15) is 5.10 Å². The van der Waals surface area contributed by atoms with E-state index < -0.39 is 23.9 Å². The Kier molecular flexibility index (Phi) is 5.03. The van der Waals surface area contributed by atoms with Crippen LogP contribution in [0.2, 0.25) is 0 Å². The zero-order valence-electron chi connectivity index (χ0n) is 20.2. The third-order valence-corrected chi connectivity index (χ3v) is 7.53. The molecular formula is C29H25N3O4. The number of methoxy groups -OCH3 is 1. The van der Waals surface area contributed by atoms with Crippen LogP contribution in [0.4, 0.5) is 5.69 Å². The fraction of sp³-hybridized carbons (Fsp3) is 0.241. The van der Waals surface area contributed by atoms with Gasteiger partial charge in [0.25, 0.3) is 0 Å². The number of carbonyl (C=O) groups excluding carboxylic acids is 3. The number of aryl methyl sites for hydroxylation is 2. The Morgan fingerprint density at radius 2 is 1.64 bits per heavy atom. The summed E-state index contributed by atoms with van der Waals surface area (Å²) in [6.45, 7) is 3.86. The zero-order valence-corrected chi connectivity index (χ0v) is 20.2. The van der Waals surface area contributed by atoms with Gasteiger partial charge in [0, 0.05) is 5.56 Å². The van der Waals surface area contributed by atoms with E-state index in [0.717, 1.165) is 22.3 Å². The first kappa shape index (κ1) is 22.2. The average molecular weight is 480 g/mol. The predicted octanol–water partition coefficient (Wildman–Crippen LogP) is 4.07. The zero-order chi connectivity index (χ0) is 25.1. The Morgan fingerprint density at radius 3 is 2.36 bits per heavy atom. The van der Waals surface area contributed by atoms with Crippen LogP contribution in [0, 0.1) is 25.7 Å². The van der Waals surface area contributed by atoms with Crippen molar-refractivity contribution in [2.75, 3.05) is 12.0 Å². The molecule has 3 aliphatic heterocycles. The molecule has 36 heavy (non-hydrogen) atoms. The summed E-state index contributed by atoms with van der Waals surface area (Å²) in [5.74, 6) is -1.82. The SMILES string of the molecule is COc1ccc(C(=O)[C@@H]2[C@@H]3C(=O)N(c4ccc(C)cc4C)C(=O)[C@H]3[C@@H]3c4ccccc4C=NN23)cc1. The van der Waals surface area contributed by atoms with E-state index in [-0.39, 0.29) is 17.6 Å². The number of hydrogen-bond donors (Lipinski definition) is 0. The molecule has 6 rings (SSSR count). The summed E-state index contributed by atoms with van der Waals surface area (Å²) in [6.07, 6.45) is 1.71. The van der Waals surface area contributed by atoms with Gasteiger partial charge in [0.1, 0.15) is 11.8 Å². The van der Waals surface area contributed by atoms with E-state index >= 15 is 0 Å². The molecule has 180 valence electrons. The first-order valence-electron chi connectivity index (χ1n) is 12.0. The molecule has 7 heteroatoms. The second kappa shape index (κ2) is 8.16. The van der Waals surface area contributed by atoms with Gasteiger partial charge in [0.2, 0.25) is 11.8 Å². The Labute approximate surface area is 209 Å². The Hall–Kier alpha value is -4.26. The molecule has 3 heterocycles. The van der Waals surface area contributed by atoms with E-state index in [9.17, 15) is 14.4 Å². The monoisotopic (exact) mass is 479 g/mol. The molecule has 4 atom stereocenters. The number of rotatable bonds is 4. The first-order chi connectivity index (χ1) is 17.4. The lowest BCUT2D eigenvalue weighted by molar-refractivity contribution is -0.124. The number of anilines is 1. The fourth-order valence-corrected chi connectivity index (χ4v) is 5.89. The van der Waals surface area contributed by atoms with Gasteiger partial charge < -0.3 is 4.74 Å². The van der Waals surface area contributed by atoms with Crippen molar-refractivity contribution in [2.24, 2.45) is 16.9 Å². The topological polar surface area (TPSA) is 79.3 Å². The number of hydrazone groups is 1. The second-order valence-electron chi connectivity index (χ2n) is 9.59. The van der Waals surface area contributed by atoms with Crippen molar-refractivity contribution in [3.05, 3.63) is 94.5 Å². The summed E-state index contributed by atoms with van der Waals surface area (Å²) < 4.78 is 5.23. The number of fused-ring (bicyclic) bond motifs is 5. The van der Waals surface area contributed by atoms with Crippen LogP contribution in [0.5, 0.6) is 5.75 Å². The van der Waals surface area contributed by atoms with E-state index in [2.05, 4.69) is 5.10 Å². The molecule has 3 aromatic carbocycles. The summed E-state index contributed by atoms with van der Waals surface area (Å²) in [4.78, 5) is 43.2. The molecule has 0 aromatic heterocycles. The van der Waals surface area contributed by atoms with Crippen LogP contribution >= 0.6 is 0 Å². The molecule has 2 fully saturated rings. The largest absolute Gasteiger partial charge is 0.497 e. The fourth-order valence-electron chi connectivity index (χ4n) is 5.89. The number of hydrogen-bond acceptors (Lipinski definition) is 6. The lowest BCUT2D eigenvalue weighted by Crippen LogP contribution is -2.44. The van der Waals surface area contributed by atoms with Crippen molar-refractivity contribution >= 4 is 29.5 Å². The third kappa shape index (κ3) is 3.12. The van der Waals surface area contributed by atoms with Crippen molar-refractivity contribution in [3.63, 3.8) is 0 Å².